The van der Waals surface area contributed by atoms with E-state index in [1.54, 1.807) is 24.3 Å². The van der Waals surface area contributed by atoms with Gasteiger partial charge in [-0.2, -0.15) is 13.2 Å². The second-order valence-corrected chi connectivity index (χ2v) is 5.96. The fourth-order valence-electron chi connectivity index (χ4n) is 2.73. The number of carbonyl (C=O) groups excluding carboxylic acids is 1. The lowest BCUT2D eigenvalue weighted by molar-refractivity contribution is -0.137. The summed E-state index contributed by atoms with van der Waals surface area (Å²) in [6.45, 7) is 0.241. The van der Waals surface area contributed by atoms with Gasteiger partial charge in [0.25, 0.3) is 5.56 Å². The highest BCUT2D eigenvalue weighted by molar-refractivity contribution is 5.91. The van der Waals surface area contributed by atoms with Gasteiger partial charge in [-0.15, -0.1) is 0 Å². The molecule has 0 radical (unpaired) electrons. The largest absolute Gasteiger partial charge is 0.418 e. The Morgan fingerprint density at radius 3 is 2.56 bits per heavy atom. The summed E-state index contributed by atoms with van der Waals surface area (Å²) in [5.74, 6) is -0.548. The zero-order valence-electron chi connectivity index (χ0n) is 14.2. The van der Waals surface area contributed by atoms with Crippen LogP contribution in [-0.4, -0.2) is 15.5 Å². The van der Waals surface area contributed by atoms with Crippen molar-refractivity contribution in [3.05, 3.63) is 70.8 Å². The Kier molecular flexibility index (Phi) is 5.25. The highest BCUT2D eigenvalue weighted by Crippen LogP contribution is 2.34. The second kappa shape index (κ2) is 7.61. The molecule has 1 amide bonds. The van der Waals surface area contributed by atoms with Crippen molar-refractivity contribution in [2.75, 3.05) is 5.32 Å². The van der Waals surface area contributed by atoms with Crippen molar-refractivity contribution in [3.8, 4) is 0 Å². The average Bonchev–Trinajstić information content (AvgIpc) is 2.63. The van der Waals surface area contributed by atoms with Crippen LogP contribution in [0.25, 0.3) is 10.9 Å². The minimum Gasteiger partial charge on any atom is -0.326 e. The summed E-state index contributed by atoms with van der Waals surface area (Å²) < 4.78 is 40.2. The van der Waals surface area contributed by atoms with Gasteiger partial charge in [-0.1, -0.05) is 24.3 Å². The number of nitrogens with one attached hydrogen (secondary N) is 1. The van der Waals surface area contributed by atoms with Crippen molar-refractivity contribution in [3.63, 3.8) is 0 Å². The highest BCUT2D eigenvalue weighted by Gasteiger charge is 2.33. The third kappa shape index (κ3) is 4.33. The van der Waals surface area contributed by atoms with Crippen molar-refractivity contribution >= 4 is 22.5 Å². The first-order valence-corrected chi connectivity index (χ1v) is 8.26. The molecule has 140 valence electrons. The number of hydrogen-bond acceptors (Lipinski definition) is 3. The third-order valence-corrected chi connectivity index (χ3v) is 4.04. The standard InChI is InChI=1S/C19H16F3N3O2/c20-19(21,22)14-7-2-4-9-16(14)24-17(26)10-5-11-25-12-23-15-8-3-1-6-13(15)18(25)27/h1-4,6-9,12H,5,10-11H2,(H,24,26). The molecule has 0 aliphatic carbocycles. The van der Waals surface area contributed by atoms with Gasteiger partial charge in [0, 0.05) is 13.0 Å². The fourth-order valence-corrected chi connectivity index (χ4v) is 2.73. The number of nitrogens with zero attached hydrogens (tertiary/aromatic N) is 2. The van der Waals surface area contributed by atoms with Crippen molar-refractivity contribution in [1.82, 2.24) is 9.55 Å². The molecule has 1 aromatic heterocycles. The Morgan fingerprint density at radius 2 is 1.78 bits per heavy atom. The topological polar surface area (TPSA) is 64.0 Å². The van der Waals surface area contributed by atoms with E-state index in [-0.39, 0.29) is 24.2 Å². The van der Waals surface area contributed by atoms with E-state index in [4.69, 9.17) is 0 Å². The molecule has 0 atom stereocenters. The minimum absolute atomic E-state index is 0.0224. The zero-order chi connectivity index (χ0) is 19.4. The summed E-state index contributed by atoms with van der Waals surface area (Å²) in [5, 5.41) is 2.76. The summed E-state index contributed by atoms with van der Waals surface area (Å²) >= 11 is 0. The number of carbonyl (C=O) groups is 1. The number of fused-ring (bicyclic) bond motifs is 1. The summed E-state index contributed by atoms with van der Waals surface area (Å²) in [5.41, 5.74) is -0.809. The molecule has 0 saturated carbocycles. The van der Waals surface area contributed by atoms with Gasteiger partial charge in [0.05, 0.1) is 28.5 Å². The molecule has 0 aliphatic heterocycles. The number of rotatable bonds is 5. The van der Waals surface area contributed by atoms with Crippen molar-refractivity contribution in [2.24, 2.45) is 0 Å². The maximum atomic E-state index is 12.9. The fraction of sp³-hybridized carbons (Fsp3) is 0.211. The predicted octanol–water partition coefficient (Wildman–Crippen LogP) is 3.83. The molecule has 0 saturated heterocycles. The van der Waals surface area contributed by atoms with Crippen LogP contribution in [0.5, 0.6) is 0 Å². The molecule has 2 aromatic carbocycles. The molecular formula is C19H16F3N3O2. The van der Waals surface area contributed by atoms with E-state index in [1.165, 1.54) is 29.1 Å². The van der Waals surface area contributed by atoms with Gasteiger partial charge < -0.3 is 5.32 Å². The molecule has 1 N–H and O–H groups in total. The first-order valence-electron chi connectivity index (χ1n) is 8.26. The van der Waals surface area contributed by atoms with Crippen LogP contribution in [0.2, 0.25) is 0 Å². The quantitative estimate of drug-likeness (QED) is 0.737. The SMILES string of the molecule is O=C(CCCn1cnc2ccccc2c1=O)Nc1ccccc1C(F)(F)F. The molecule has 5 nitrogen and oxygen atoms in total. The molecule has 0 spiro atoms. The summed E-state index contributed by atoms with van der Waals surface area (Å²) in [4.78, 5) is 28.5. The van der Waals surface area contributed by atoms with Crippen LogP contribution < -0.4 is 10.9 Å². The van der Waals surface area contributed by atoms with Gasteiger partial charge in [0.15, 0.2) is 0 Å². The summed E-state index contributed by atoms with van der Waals surface area (Å²) in [6.07, 6.45) is -2.87. The second-order valence-electron chi connectivity index (χ2n) is 5.96. The normalized spacial score (nSPS) is 11.5. The first kappa shape index (κ1) is 18.6. The van der Waals surface area contributed by atoms with Crippen LogP contribution in [0.3, 0.4) is 0 Å². The smallest absolute Gasteiger partial charge is 0.326 e. The van der Waals surface area contributed by atoms with Gasteiger partial charge in [-0.25, -0.2) is 4.98 Å². The van der Waals surface area contributed by atoms with Crippen molar-refractivity contribution in [2.45, 2.75) is 25.6 Å². The molecule has 8 heteroatoms. The molecule has 0 fully saturated rings. The molecule has 0 unspecified atom stereocenters. The summed E-state index contributed by atoms with van der Waals surface area (Å²) in [7, 11) is 0. The number of halogens is 3. The number of alkyl halides is 3. The molecule has 27 heavy (non-hydrogen) atoms. The third-order valence-electron chi connectivity index (χ3n) is 4.04. The lowest BCUT2D eigenvalue weighted by Gasteiger charge is -2.13. The van der Waals surface area contributed by atoms with Gasteiger partial charge >= 0.3 is 6.18 Å². The van der Waals surface area contributed by atoms with E-state index in [2.05, 4.69) is 10.3 Å². The van der Waals surface area contributed by atoms with E-state index in [0.717, 1.165) is 6.07 Å². The summed E-state index contributed by atoms with van der Waals surface area (Å²) in [6, 6.07) is 11.7. The number of anilines is 1. The molecule has 1 heterocycles. The number of benzene rings is 2. The molecule has 3 aromatic rings. The van der Waals surface area contributed by atoms with Crippen LogP contribution in [-0.2, 0) is 17.5 Å². The lowest BCUT2D eigenvalue weighted by atomic mass is 10.1. The Balaban J connectivity index is 1.63. The highest BCUT2D eigenvalue weighted by atomic mass is 19.4. The van der Waals surface area contributed by atoms with E-state index in [9.17, 15) is 22.8 Å². The number of amides is 1. The monoisotopic (exact) mass is 375 g/mol. The number of hydrogen-bond donors (Lipinski definition) is 1. The predicted molar refractivity (Wildman–Crippen MR) is 95.3 cm³/mol. The van der Waals surface area contributed by atoms with Crippen LogP contribution in [0.4, 0.5) is 18.9 Å². The zero-order valence-corrected chi connectivity index (χ0v) is 14.2. The van der Waals surface area contributed by atoms with E-state index < -0.39 is 17.6 Å². The number of para-hydroxylation sites is 2. The minimum atomic E-state index is -4.55. The van der Waals surface area contributed by atoms with Crippen LogP contribution >= 0.6 is 0 Å². The van der Waals surface area contributed by atoms with Gasteiger partial charge in [-0.3, -0.25) is 14.2 Å². The maximum Gasteiger partial charge on any atom is 0.418 e. The number of aromatic nitrogens is 2. The Bertz CT molecular complexity index is 1030. The van der Waals surface area contributed by atoms with Crippen LogP contribution in [0, 0.1) is 0 Å². The first-order chi connectivity index (χ1) is 12.9. The van der Waals surface area contributed by atoms with E-state index in [1.807, 2.05) is 0 Å². The van der Waals surface area contributed by atoms with Gasteiger partial charge in [0.1, 0.15) is 0 Å². The maximum absolute atomic E-state index is 12.9. The average molecular weight is 375 g/mol. The molecule has 3 rings (SSSR count). The number of aryl methyl sites for hydroxylation is 1. The van der Waals surface area contributed by atoms with E-state index >= 15 is 0 Å². The van der Waals surface area contributed by atoms with E-state index in [0.29, 0.717) is 17.3 Å². The van der Waals surface area contributed by atoms with Crippen molar-refractivity contribution < 1.29 is 18.0 Å². The molecule has 0 aliphatic rings. The lowest BCUT2D eigenvalue weighted by Crippen LogP contribution is -2.22. The van der Waals surface area contributed by atoms with Crippen molar-refractivity contribution in [1.29, 1.82) is 0 Å². The molecule has 0 bridgehead atoms. The van der Waals surface area contributed by atoms with Crippen LogP contribution in [0.15, 0.2) is 59.7 Å². The Labute approximate surface area is 152 Å². The van der Waals surface area contributed by atoms with Gasteiger partial charge in [0.2, 0.25) is 5.91 Å². The Morgan fingerprint density at radius 1 is 1.07 bits per heavy atom. The Hall–Kier alpha value is -3.16. The van der Waals surface area contributed by atoms with Crippen LogP contribution in [0.1, 0.15) is 18.4 Å². The van der Waals surface area contributed by atoms with Gasteiger partial charge in [-0.05, 0) is 30.7 Å². The molecular weight excluding hydrogens is 359 g/mol.